The van der Waals surface area contributed by atoms with Crippen LogP contribution in [0, 0.1) is 5.82 Å². The zero-order valence-corrected chi connectivity index (χ0v) is 19.5. The minimum Gasteiger partial charge on any atom is -0.493 e. The van der Waals surface area contributed by atoms with E-state index in [1.165, 1.54) is 12.1 Å². The number of halogens is 6. The molecule has 0 spiro atoms. The molecule has 2 aromatic carbocycles. The Morgan fingerprint density at radius 2 is 1.63 bits per heavy atom. The summed E-state index contributed by atoms with van der Waals surface area (Å²) >= 11 is 0. The van der Waals surface area contributed by atoms with Crippen LogP contribution >= 0.6 is 0 Å². The third-order valence-corrected chi connectivity index (χ3v) is 5.60. The lowest BCUT2D eigenvalue weighted by Gasteiger charge is -2.29. The van der Waals surface area contributed by atoms with E-state index >= 15 is 0 Å². The van der Waals surface area contributed by atoms with Crippen LogP contribution < -0.4 is 9.47 Å². The highest BCUT2D eigenvalue weighted by Crippen LogP contribution is 2.43. The first-order chi connectivity index (χ1) is 16.6. The van der Waals surface area contributed by atoms with Crippen molar-refractivity contribution in [3.05, 3.63) is 58.9 Å². The number of benzene rings is 2. The van der Waals surface area contributed by atoms with Gasteiger partial charge in [-0.25, -0.2) is 4.39 Å². The van der Waals surface area contributed by atoms with Gasteiger partial charge < -0.3 is 18.9 Å². The molecule has 0 N–H and O–H groups in total. The molecule has 0 aliphatic carbocycles. The fourth-order valence-electron chi connectivity index (χ4n) is 3.78. The molecule has 4 nitrogen and oxygen atoms in total. The zero-order valence-electron chi connectivity index (χ0n) is 19.5. The Morgan fingerprint density at radius 3 is 2.20 bits per heavy atom. The van der Waals surface area contributed by atoms with Crippen molar-refractivity contribution in [2.75, 3.05) is 19.8 Å². The maximum absolute atomic E-state index is 14.8. The average molecular weight is 506 g/mol. The number of alkyl halides is 5. The van der Waals surface area contributed by atoms with Crippen molar-refractivity contribution < 1.29 is 45.3 Å². The number of hydrogen-bond acceptors (Lipinski definition) is 4. The maximum Gasteiger partial charge on any atom is 0.426 e. The highest BCUT2D eigenvalue weighted by Gasteiger charge is 2.42. The predicted octanol–water partition coefficient (Wildman–Crippen LogP) is 7.41. The van der Waals surface area contributed by atoms with E-state index in [4.69, 9.17) is 14.2 Å². The van der Waals surface area contributed by atoms with E-state index in [1.54, 1.807) is 6.92 Å². The molecule has 1 heterocycles. The van der Waals surface area contributed by atoms with Crippen LogP contribution in [0.4, 0.5) is 26.3 Å². The third-order valence-electron chi connectivity index (χ3n) is 5.60. The molecule has 1 aliphatic rings. The number of unbranched alkanes of at least 4 members (excludes halogenated alkanes) is 1. The van der Waals surface area contributed by atoms with Gasteiger partial charge in [0.2, 0.25) is 0 Å². The van der Waals surface area contributed by atoms with Crippen molar-refractivity contribution in [2.45, 2.75) is 64.0 Å². The molecule has 0 bridgehead atoms. The minimum absolute atomic E-state index is 0.00632. The number of ether oxygens (including phenoxy) is 4. The second kappa shape index (κ2) is 11.5. The Hall–Kier alpha value is -2.46. The van der Waals surface area contributed by atoms with Crippen LogP contribution in [0.25, 0.3) is 0 Å². The van der Waals surface area contributed by atoms with Crippen LogP contribution in [0.15, 0.2) is 36.4 Å². The Morgan fingerprint density at radius 1 is 0.943 bits per heavy atom. The second-order valence-electron chi connectivity index (χ2n) is 8.17. The summed E-state index contributed by atoms with van der Waals surface area (Å²) in [5.74, 6) is -3.96. The molecule has 0 saturated carbocycles. The van der Waals surface area contributed by atoms with Crippen molar-refractivity contribution in [3.63, 3.8) is 0 Å². The highest BCUT2D eigenvalue weighted by molar-refractivity contribution is 5.44. The number of hydrogen-bond donors (Lipinski definition) is 0. The first-order valence-electron chi connectivity index (χ1n) is 11.5. The van der Waals surface area contributed by atoms with E-state index in [1.807, 2.05) is 6.92 Å². The molecule has 2 aromatic rings. The molecular formula is C25H28F6O4. The lowest BCUT2D eigenvalue weighted by Crippen LogP contribution is -2.27. The van der Waals surface area contributed by atoms with Gasteiger partial charge >= 0.3 is 12.3 Å². The third kappa shape index (κ3) is 6.82. The molecule has 1 saturated heterocycles. The fourth-order valence-corrected chi connectivity index (χ4v) is 3.78. The lowest BCUT2D eigenvalue weighted by atomic mass is 9.99. The van der Waals surface area contributed by atoms with Gasteiger partial charge in [0, 0.05) is 6.61 Å². The molecule has 3 rings (SSSR count). The van der Waals surface area contributed by atoms with Crippen LogP contribution in [0.1, 0.15) is 62.3 Å². The van der Waals surface area contributed by atoms with Crippen LogP contribution in [0.5, 0.6) is 11.5 Å². The van der Waals surface area contributed by atoms with Crippen LogP contribution in [0.2, 0.25) is 0 Å². The van der Waals surface area contributed by atoms with E-state index in [0.29, 0.717) is 44.1 Å². The first-order valence-corrected chi connectivity index (χ1v) is 11.5. The molecule has 0 aromatic heterocycles. The van der Waals surface area contributed by atoms with E-state index in [-0.39, 0.29) is 18.8 Å². The lowest BCUT2D eigenvalue weighted by molar-refractivity contribution is -0.188. The monoisotopic (exact) mass is 506 g/mol. The fraction of sp³-hybridized carbons (Fsp3) is 0.520. The van der Waals surface area contributed by atoms with E-state index < -0.39 is 40.7 Å². The summed E-state index contributed by atoms with van der Waals surface area (Å²) in [6.45, 7) is 4.58. The Labute approximate surface area is 200 Å². The molecule has 10 heteroatoms. The summed E-state index contributed by atoms with van der Waals surface area (Å²) in [6, 6.07) is 6.52. The smallest absolute Gasteiger partial charge is 0.426 e. The first kappa shape index (κ1) is 27.1. The van der Waals surface area contributed by atoms with E-state index in [0.717, 1.165) is 24.6 Å². The molecule has 0 amide bonds. The van der Waals surface area contributed by atoms with Crippen molar-refractivity contribution in [3.8, 4) is 11.5 Å². The summed E-state index contributed by atoms with van der Waals surface area (Å²) < 4.78 is 105. The van der Waals surface area contributed by atoms with Gasteiger partial charge in [0.15, 0.2) is 11.6 Å². The van der Waals surface area contributed by atoms with Crippen molar-refractivity contribution in [1.82, 2.24) is 0 Å². The summed E-state index contributed by atoms with van der Waals surface area (Å²) in [6.07, 6.45) is -7.03. The van der Waals surface area contributed by atoms with Crippen molar-refractivity contribution in [2.24, 2.45) is 0 Å². The summed E-state index contributed by atoms with van der Waals surface area (Å²) in [4.78, 5) is 0. The van der Waals surface area contributed by atoms with E-state index in [2.05, 4.69) is 4.74 Å². The molecule has 35 heavy (non-hydrogen) atoms. The van der Waals surface area contributed by atoms with E-state index in [9.17, 15) is 26.3 Å². The molecule has 194 valence electrons. The zero-order chi connectivity index (χ0) is 25.6. The van der Waals surface area contributed by atoms with Crippen molar-refractivity contribution in [1.29, 1.82) is 0 Å². The second-order valence-corrected chi connectivity index (χ2v) is 8.17. The van der Waals surface area contributed by atoms with Crippen LogP contribution in [-0.4, -0.2) is 25.9 Å². The van der Waals surface area contributed by atoms with Gasteiger partial charge in [-0.2, -0.15) is 22.0 Å². The molecule has 1 fully saturated rings. The molecule has 2 atom stereocenters. The van der Waals surface area contributed by atoms with Crippen LogP contribution in [0.3, 0.4) is 0 Å². The van der Waals surface area contributed by atoms with Crippen molar-refractivity contribution >= 4 is 0 Å². The highest BCUT2D eigenvalue weighted by atomic mass is 19.4. The summed E-state index contributed by atoms with van der Waals surface area (Å²) in [5.41, 5.74) is -1.75. The molecule has 0 radical (unpaired) electrons. The summed E-state index contributed by atoms with van der Waals surface area (Å²) in [5, 5.41) is 0. The molecule has 1 aliphatic heterocycles. The standard InChI is InChI=1S/C25H28F6O4/c1-3-5-14-33-20-12-13-21(23(26)22(20)24(27,28)29)35-25(30,31)17-8-6-16(7-9-17)19-11-10-18(15-34-19)32-4-2/h6-9,12-13,18-19H,3-5,10-11,14-15H2,1-2H3. The summed E-state index contributed by atoms with van der Waals surface area (Å²) in [7, 11) is 0. The normalized spacial score (nSPS) is 19.0. The van der Waals surface area contributed by atoms with Gasteiger partial charge in [-0.05, 0) is 56.0 Å². The van der Waals surface area contributed by atoms with Crippen LogP contribution in [-0.2, 0) is 21.8 Å². The quantitative estimate of drug-likeness (QED) is 0.248. The largest absolute Gasteiger partial charge is 0.493 e. The van der Waals surface area contributed by atoms with Gasteiger partial charge in [-0.3, -0.25) is 0 Å². The van der Waals surface area contributed by atoms with Gasteiger partial charge in [-0.1, -0.05) is 25.5 Å². The Kier molecular flexibility index (Phi) is 8.93. The van der Waals surface area contributed by atoms with Gasteiger partial charge in [0.25, 0.3) is 0 Å². The molecule has 2 unspecified atom stereocenters. The maximum atomic E-state index is 14.8. The number of rotatable bonds is 10. The van der Waals surface area contributed by atoms with Gasteiger partial charge in [0.1, 0.15) is 11.3 Å². The average Bonchev–Trinajstić information content (AvgIpc) is 2.81. The minimum atomic E-state index is -5.16. The van der Waals surface area contributed by atoms with Gasteiger partial charge in [-0.15, -0.1) is 0 Å². The van der Waals surface area contributed by atoms with Gasteiger partial charge in [0.05, 0.1) is 31.0 Å². The SMILES string of the molecule is CCCCOc1ccc(OC(F)(F)c2ccc(C3CCC(OCC)CO3)cc2)c(F)c1C(F)(F)F. The Bertz CT molecular complexity index is 954. The Balaban J connectivity index is 1.76. The molecular weight excluding hydrogens is 478 g/mol. The topological polar surface area (TPSA) is 36.9 Å². The predicted molar refractivity (Wildman–Crippen MR) is 116 cm³/mol.